The molecule has 3 rings (SSSR count). The van der Waals surface area contributed by atoms with E-state index in [0.717, 1.165) is 16.3 Å². The van der Waals surface area contributed by atoms with Gasteiger partial charge in [0.2, 0.25) is 0 Å². The van der Waals surface area contributed by atoms with Gasteiger partial charge in [0.25, 0.3) is 0 Å². The summed E-state index contributed by atoms with van der Waals surface area (Å²) in [5, 5.41) is 4.97. The van der Waals surface area contributed by atoms with Gasteiger partial charge in [0.15, 0.2) is 5.78 Å². The fraction of sp³-hybridized carbons (Fsp3) is 0.111. The highest BCUT2D eigenvalue weighted by atomic mass is 31.2. The van der Waals surface area contributed by atoms with Crippen molar-refractivity contribution in [2.24, 2.45) is 0 Å². The second kappa shape index (κ2) is 6.17. The molecule has 5 heteroatoms. The summed E-state index contributed by atoms with van der Waals surface area (Å²) in [6.45, 7) is 1.94. The summed E-state index contributed by atoms with van der Waals surface area (Å²) < 4.78 is 12.0. The molecular formula is C18H18NO3P. The molecule has 0 aliphatic carbocycles. The van der Waals surface area contributed by atoms with E-state index in [1.165, 1.54) is 0 Å². The van der Waals surface area contributed by atoms with Crippen LogP contribution in [-0.4, -0.2) is 9.79 Å². The predicted molar refractivity (Wildman–Crippen MR) is 93.5 cm³/mol. The molecule has 0 fully saturated rings. The van der Waals surface area contributed by atoms with Gasteiger partial charge in [0.1, 0.15) is 0 Å². The molecule has 0 amide bonds. The van der Waals surface area contributed by atoms with Crippen LogP contribution < -0.4 is 5.32 Å². The first-order chi connectivity index (χ1) is 10.9. The Bertz CT molecular complexity index is 888. The van der Waals surface area contributed by atoms with Crippen molar-refractivity contribution in [3.8, 4) is 0 Å². The van der Waals surface area contributed by atoms with Crippen LogP contribution in [-0.2, 0) is 4.57 Å². The quantitative estimate of drug-likeness (QED) is 0.620. The Morgan fingerprint density at radius 3 is 2.35 bits per heavy atom. The van der Waals surface area contributed by atoms with Crippen LogP contribution in [0.5, 0.6) is 0 Å². The van der Waals surface area contributed by atoms with Crippen molar-refractivity contribution < 1.29 is 14.4 Å². The van der Waals surface area contributed by atoms with E-state index < -0.39 is 13.4 Å². The Kier molecular flexibility index (Phi) is 4.22. The molecule has 0 saturated heterocycles. The number of hydrogen-bond donors (Lipinski definition) is 3. The number of anilines is 1. The van der Waals surface area contributed by atoms with E-state index in [0.29, 0.717) is 11.3 Å². The lowest BCUT2D eigenvalue weighted by Gasteiger charge is -2.22. The summed E-state index contributed by atoms with van der Waals surface area (Å²) in [7, 11) is -4.37. The molecule has 0 aliphatic heterocycles. The van der Waals surface area contributed by atoms with E-state index in [4.69, 9.17) is 0 Å². The molecule has 0 bridgehead atoms. The third-order valence-electron chi connectivity index (χ3n) is 3.75. The number of nitrogens with one attached hydrogen (secondary N) is 1. The zero-order valence-corrected chi connectivity index (χ0v) is 13.6. The number of rotatable bonds is 4. The van der Waals surface area contributed by atoms with Gasteiger partial charge in [-0.15, -0.1) is 0 Å². The molecule has 3 aromatic carbocycles. The highest BCUT2D eigenvalue weighted by Crippen LogP contribution is 2.52. The summed E-state index contributed by atoms with van der Waals surface area (Å²) in [5.74, 6) is -1.08. The number of fused-ring (bicyclic) bond motifs is 1. The van der Waals surface area contributed by atoms with Crippen LogP contribution in [0.25, 0.3) is 10.8 Å². The highest BCUT2D eigenvalue weighted by Gasteiger charge is 2.30. The summed E-state index contributed by atoms with van der Waals surface area (Å²) in [5.41, 5.74) is 2.28. The standard InChI is InChI=1S/C18H18NO3P/c1-13-5-4-8-17(11-13)19-18(23(20,21)22)16-10-9-14-6-2-3-7-15(14)12-16/h2-12,18-19H,1H3,(H2,20,21,22). The van der Waals surface area contributed by atoms with E-state index in [2.05, 4.69) is 5.32 Å². The third-order valence-corrected chi connectivity index (χ3v) is 4.85. The Hall–Kier alpha value is -2.13. The molecule has 3 aromatic rings. The Morgan fingerprint density at radius 2 is 1.65 bits per heavy atom. The first-order valence-electron chi connectivity index (χ1n) is 7.30. The lowest BCUT2D eigenvalue weighted by atomic mass is 10.1. The monoisotopic (exact) mass is 327 g/mol. The Labute approximate surface area is 135 Å². The van der Waals surface area contributed by atoms with Crippen LogP contribution in [0, 0.1) is 6.92 Å². The molecule has 3 N–H and O–H groups in total. The maximum atomic E-state index is 12.0. The van der Waals surface area contributed by atoms with Crippen molar-refractivity contribution in [3.63, 3.8) is 0 Å². The van der Waals surface area contributed by atoms with Gasteiger partial charge in [-0.05, 0) is 47.0 Å². The van der Waals surface area contributed by atoms with Crippen molar-refractivity contribution in [3.05, 3.63) is 77.9 Å². The molecule has 0 spiro atoms. The van der Waals surface area contributed by atoms with Gasteiger partial charge < -0.3 is 15.1 Å². The van der Waals surface area contributed by atoms with Crippen LogP contribution in [0.1, 0.15) is 16.9 Å². The lowest BCUT2D eigenvalue weighted by molar-refractivity contribution is 0.363. The van der Waals surface area contributed by atoms with Crippen molar-refractivity contribution in [1.82, 2.24) is 0 Å². The van der Waals surface area contributed by atoms with Gasteiger partial charge >= 0.3 is 7.60 Å². The largest absolute Gasteiger partial charge is 0.368 e. The van der Waals surface area contributed by atoms with Crippen LogP contribution in [0.3, 0.4) is 0 Å². The van der Waals surface area contributed by atoms with E-state index in [1.54, 1.807) is 12.1 Å². The van der Waals surface area contributed by atoms with Crippen molar-refractivity contribution in [2.45, 2.75) is 12.7 Å². The summed E-state index contributed by atoms with van der Waals surface area (Å²) in [6.07, 6.45) is 0. The maximum absolute atomic E-state index is 12.0. The van der Waals surface area contributed by atoms with E-state index in [9.17, 15) is 14.4 Å². The average molecular weight is 327 g/mol. The van der Waals surface area contributed by atoms with Crippen molar-refractivity contribution >= 4 is 24.1 Å². The fourth-order valence-corrected chi connectivity index (χ4v) is 3.50. The number of benzene rings is 3. The molecule has 0 aromatic heterocycles. The molecule has 0 aliphatic rings. The smallest absolute Gasteiger partial charge is 0.352 e. The van der Waals surface area contributed by atoms with Gasteiger partial charge in [-0.25, -0.2) is 0 Å². The molecule has 0 heterocycles. The minimum atomic E-state index is -4.37. The average Bonchev–Trinajstić information content (AvgIpc) is 2.51. The van der Waals surface area contributed by atoms with Crippen LogP contribution >= 0.6 is 7.60 Å². The predicted octanol–water partition coefficient (Wildman–Crippen LogP) is 4.44. The molecule has 118 valence electrons. The molecule has 23 heavy (non-hydrogen) atoms. The van der Waals surface area contributed by atoms with Crippen molar-refractivity contribution in [1.29, 1.82) is 0 Å². The SMILES string of the molecule is Cc1cccc(NC(c2ccc3ccccc3c2)P(=O)(O)O)c1. The minimum Gasteiger partial charge on any atom is -0.368 e. The zero-order valence-electron chi connectivity index (χ0n) is 12.7. The Balaban J connectivity index is 2.02. The van der Waals surface area contributed by atoms with E-state index in [-0.39, 0.29) is 0 Å². The highest BCUT2D eigenvalue weighted by molar-refractivity contribution is 7.52. The lowest BCUT2D eigenvalue weighted by Crippen LogP contribution is -2.11. The van der Waals surface area contributed by atoms with Gasteiger partial charge in [-0.3, -0.25) is 4.57 Å². The van der Waals surface area contributed by atoms with E-state index in [1.807, 2.05) is 61.5 Å². The summed E-state index contributed by atoms with van der Waals surface area (Å²) >= 11 is 0. The molecule has 0 saturated carbocycles. The molecule has 1 atom stereocenters. The fourth-order valence-electron chi connectivity index (χ4n) is 2.63. The second-order valence-electron chi connectivity index (χ2n) is 5.61. The minimum absolute atomic E-state index is 0.568. The van der Waals surface area contributed by atoms with Gasteiger partial charge in [-0.1, -0.05) is 48.5 Å². The second-order valence-corrected chi connectivity index (χ2v) is 7.31. The van der Waals surface area contributed by atoms with E-state index >= 15 is 0 Å². The van der Waals surface area contributed by atoms with Crippen LogP contribution in [0.2, 0.25) is 0 Å². The normalized spacial score (nSPS) is 13.0. The zero-order chi connectivity index (χ0) is 16.4. The van der Waals surface area contributed by atoms with Gasteiger partial charge in [0.05, 0.1) is 0 Å². The van der Waals surface area contributed by atoms with Gasteiger partial charge in [0, 0.05) is 5.69 Å². The number of aryl methyl sites for hydroxylation is 1. The molecule has 4 nitrogen and oxygen atoms in total. The number of hydrogen-bond acceptors (Lipinski definition) is 2. The summed E-state index contributed by atoms with van der Waals surface area (Å²) in [4.78, 5) is 19.6. The Morgan fingerprint density at radius 1 is 0.913 bits per heavy atom. The maximum Gasteiger partial charge on any atom is 0.352 e. The summed E-state index contributed by atoms with van der Waals surface area (Å²) in [6, 6.07) is 20.7. The molecular weight excluding hydrogens is 309 g/mol. The van der Waals surface area contributed by atoms with Crippen molar-refractivity contribution in [2.75, 3.05) is 5.32 Å². The topological polar surface area (TPSA) is 69.6 Å². The first kappa shape index (κ1) is 15.8. The molecule has 1 unspecified atom stereocenters. The molecule has 0 radical (unpaired) electrons. The van der Waals surface area contributed by atoms with Gasteiger partial charge in [-0.2, -0.15) is 0 Å². The van der Waals surface area contributed by atoms with Crippen LogP contribution in [0.4, 0.5) is 5.69 Å². The van der Waals surface area contributed by atoms with Crippen LogP contribution in [0.15, 0.2) is 66.7 Å². The first-order valence-corrected chi connectivity index (χ1v) is 8.99. The third kappa shape index (κ3) is 3.62.